The molecule has 4 rings (SSSR count). The number of thiocarbonyl (C=S) groups is 1. The molecule has 1 amide bonds. The third-order valence-electron chi connectivity index (χ3n) is 6.06. The van der Waals surface area contributed by atoms with Gasteiger partial charge < -0.3 is 14.4 Å². The van der Waals surface area contributed by atoms with Crippen molar-refractivity contribution in [2.45, 2.75) is 12.8 Å². The van der Waals surface area contributed by atoms with E-state index in [-0.39, 0.29) is 5.91 Å². The van der Waals surface area contributed by atoms with E-state index in [0.717, 1.165) is 50.4 Å². The normalized spacial score (nSPS) is 18.1. The van der Waals surface area contributed by atoms with Crippen LogP contribution in [0.2, 0.25) is 0 Å². The van der Waals surface area contributed by atoms with E-state index in [1.54, 1.807) is 19.1 Å². The molecule has 2 fully saturated rings. The van der Waals surface area contributed by atoms with Gasteiger partial charge >= 0.3 is 0 Å². The highest BCUT2D eigenvalue weighted by atomic mass is 32.2. The number of carbonyl (C=O) groups excluding carboxylic acids is 1. The third kappa shape index (κ3) is 6.08. The number of thioether (sulfide) groups is 1. The van der Waals surface area contributed by atoms with Gasteiger partial charge in [0.1, 0.15) is 4.32 Å². The minimum atomic E-state index is -0.00643. The number of aromatic nitrogens is 1. The van der Waals surface area contributed by atoms with Crippen molar-refractivity contribution in [3.05, 3.63) is 65.0 Å². The van der Waals surface area contributed by atoms with Crippen molar-refractivity contribution in [2.75, 3.05) is 53.5 Å². The summed E-state index contributed by atoms with van der Waals surface area (Å²) in [5.74, 6) is 1.37. The highest BCUT2D eigenvalue weighted by molar-refractivity contribution is 8.26. The molecule has 1 aromatic carbocycles. The van der Waals surface area contributed by atoms with Gasteiger partial charge in [0.15, 0.2) is 11.5 Å². The molecule has 2 aromatic rings. The van der Waals surface area contributed by atoms with Crippen molar-refractivity contribution in [3.8, 4) is 11.5 Å². The van der Waals surface area contributed by atoms with Crippen LogP contribution in [-0.4, -0.2) is 83.4 Å². The summed E-state index contributed by atoms with van der Waals surface area (Å²) >= 11 is 6.91. The first-order valence-corrected chi connectivity index (χ1v) is 12.6. The molecule has 180 valence electrons. The maximum absolute atomic E-state index is 13.0. The summed E-state index contributed by atoms with van der Waals surface area (Å²) in [6.45, 7) is 5.30. The topological polar surface area (TPSA) is 58.1 Å². The first kappa shape index (κ1) is 24.5. The van der Waals surface area contributed by atoms with Crippen molar-refractivity contribution < 1.29 is 14.3 Å². The zero-order valence-electron chi connectivity index (χ0n) is 19.6. The second-order valence-corrected chi connectivity index (χ2v) is 9.88. The summed E-state index contributed by atoms with van der Waals surface area (Å²) in [5.41, 5.74) is 2.19. The van der Waals surface area contributed by atoms with E-state index < -0.39 is 0 Å². The maximum atomic E-state index is 13.0. The number of ether oxygens (including phenoxy) is 2. The molecule has 0 spiro atoms. The zero-order valence-corrected chi connectivity index (χ0v) is 21.2. The Morgan fingerprint density at radius 2 is 1.82 bits per heavy atom. The Kier molecular flexibility index (Phi) is 8.42. The molecule has 3 heterocycles. The summed E-state index contributed by atoms with van der Waals surface area (Å²) in [6, 6.07) is 11.9. The fourth-order valence-electron chi connectivity index (χ4n) is 4.06. The SMILES string of the molecule is COc1ccc(CCN2C(=O)/C(=C/N3CCN(CCc4ccccn4)CC3)SC2=S)cc1OC. The largest absolute Gasteiger partial charge is 0.493 e. The van der Waals surface area contributed by atoms with Crippen LogP contribution < -0.4 is 9.47 Å². The smallest absolute Gasteiger partial charge is 0.267 e. The number of nitrogens with zero attached hydrogens (tertiary/aromatic N) is 4. The van der Waals surface area contributed by atoms with Crippen LogP contribution >= 0.6 is 24.0 Å². The van der Waals surface area contributed by atoms with Gasteiger partial charge in [0.05, 0.1) is 19.1 Å². The van der Waals surface area contributed by atoms with E-state index in [2.05, 4.69) is 20.9 Å². The number of hydrogen-bond donors (Lipinski definition) is 0. The maximum Gasteiger partial charge on any atom is 0.267 e. The lowest BCUT2D eigenvalue weighted by Crippen LogP contribution is -2.45. The Morgan fingerprint density at radius 1 is 1.03 bits per heavy atom. The molecule has 0 radical (unpaired) electrons. The second kappa shape index (κ2) is 11.7. The van der Waals surface area contributed by atoms with E-state index in [9.17, 15) is 4.79 Å². The highest BCUT2D eigenvalue weighted by Crippen LogP contribution is 2.32. The summed E-state index contributed by atoms with van der Waals surface area (Å²) in [4.78, 5) is 24.5. The third-order valence-corrected chi connectivity index (χ3v) is 7.43. The molecule has 0 aliphatic carbocycles. The van der Waals surface area contributed by atoms with Crippen LogP contribution in [0.25, 0.3) is 0 Å². The van der Waals surface area contributed by atoms with Crippen LogP contribution in [0.3, 0.4) is 0 Å². The van der Waals surface area contributed by atoms with Gasteiger partial charge in [0, 0.05) is 63.8 Å². The first-order valence-electron chi connectivity index (χ1n) is 11.4. The van der Waals surface area contributed by atoms with Crippen LogP contribution in [0.4, 0.5) is 0 Å². The first-order chi connectivity index (χ1) is 16.6. The summed E-state index contributed by atoms with van der Waals surface area (Å²) in [6.07, 6.45) is 5.48. The fourth-order valence-corrected chi connectivity index (χ4v) is 5.38. The van der Waals surface area contributed by atoms with Crippen LogP contribution in [0.5, 0.6) is 11.5 Å². The lowest BCUT2D eigenvalue weighted by atomic mass is 10.1. The zero-order chi connectivity index (χ0) is 23.9. The van der Waals surface area contributed by atoms with Gasteiger partial charge in [-0.05, 0) is 36.2 Å². The number of rotatable bonds is 9. The highest BCUT2D eigenvalue weighted by Gasteiger charge is 2.32. The number of hydrogen-bond acceptors (Lipinski definition) is 8. The molecule has 2 aliphatic heterocycles. The number of carbonyl (C=O) groups is 1. The van der Waals surface area contributed by atoms with Crippen LogP contribution in [0.1, 0.15) is 11.3 Å². The summed E-state index contributed by atoms with van der Waals surface area (Å²) < 4.78 is 11.3. The Bertz CT molecular complexity index is 1040. The molecule has 2 aliphatic rings. The average molecular weight is 499 g/mol. The molecule has 1 aromatic heterocycles. The van der Waals surface area contributed by atoms with Crippen molar-refractivity contribution >= 4 is 34.2 Å². The van der Waals surface area contributed by atoms with E-state index in [4.69, 9.17) is 21.7 Å². The second-order valence-electron chi connectivity index (χ2n) is 8.21. The van der Waals surface area contributed by atoms with Gasteiger partial charge in [0.2, 0.25) is 0 Å². The standard InChI is InChI=1S/C25H30N4O3S2/c1-31-21-7-6-19(17-22(21)32-2)8-12-29-24(30)23(34-25(29)33)18-28-15-13-27(14-16-28)11-9-20-5-3-4-10-26-20/h3-7,10,17-18H,8-9,11-16H2,1-2H3/b23-18-. The Labute approximate surface area is 210 Å². The molecule has 2 saturated heterocycles. The number of amides is 1. The Morgan fingerprint density at radius 3 is 2.53 bits per heavy atom. The Balaban J connectivity index is 1.27. The van der Waals surface area contributed by atoms with Crippen LogP contribution in [0, 0.1) is 0 Å². The summed E-state index contributed by atoms with van der Waals surface area (Å²) in [5, 5.41) is 0. The van der Waals surface area contributed by atoms with Gasteiger partial charge in [-0.15, -0.1) is 0 Å². The van der Waals surface area contributed by atoms with Gasteiger partial charge in [0.25, 0.3) is 5.91 Å². The number of piperazine rings is 1. The van der Waals surface area contributed by atoms with Crippen molar-refractivity contribution in [2.24, 2.45) is 0 Å². The predicted molar refractivity (Wildman–Crippen MR) is 139 cm³/mol. The quantitative estimate of drug-likeness (QED) is 0.386. The number of benzene rings is 1. The molecule has 0 unspecified atom stereocenters. The van der Waals surface area contributed by atoms with Crippen LogP contribution in [-0.2, 0) is 17.6 Å². The Hall–Kier alpha value is -2.62. The van der Waals surface area contributed by atoms with Gasteiger partial charge in [-0.2, -0.15) is 0 Å². The molecule has 0 saturated carbocycles. The van der Waals surface area contributed by atoms with Gasteiger partial charge in [-0.1, -0.05) is 36.1 Å². The lowest BCUT2D eigenvalue weighted by molar-refractivity contribution is -0.122. The predicted octanol–water partition coefficient (Wildman–Crippen LogP) is 3.20. The van der Waals surface area contributed by atoms with E-state index >= 15 is 0 Å². The molecular weight excluding hydrogens is 468 g/mol. The minimum Gasteiger partial charge on any atom is -0.493 e. The summed E-state index contributed by atoms with van der Waals surface area (Å²) in [7, 11) is 3.24. The van der Waals surface area contributed by atoms with Crippen LogP contribution in [0.15, 0.2) is 53.7 Å². The van der Waals surface area contributed by atoms with Crippen molar-refractivity contribution in [1.29, 1.82) is 0 Å². The molecule has 34 heavy (non-hydrogen) atoms. The molecular formula is C25H30N4O3S2. The van der Waals surface area contributed by atoms with Gasteiger partial charge in [-0.3, -0.25) is 19.6 Å². The molecule has 7 nitrogen and oxygen atoms in total. The lowest BCUT2D eigenvalue weighted by Gasteiger charge is -2.34. The number of pyridine rings is 1. The minimum absolute atomic E-state index is 0.00643. The van der Waals surface area contributed by atoms with E-state index in [0.29, 0.717) is 33.7 Å². The van der Waals surface area contributed by atoms with Crippen molar-refractivity contribution in [3.63, 3.8) is 0 Å². The van der Waals surface area contributed by atoms with Crippen molar-refractivity contribution in [1.82, 2.24) is 19.7 Å². The average Bonchev–Trinajstić information content (AvgIpc) is 3.14. The fraction of sp³-hybridized carbons (Fsp3) is 0.400. The molecule has 0 N–H and O–H groups in total. The molecule has 9 heteroatoms. The number of methoxy groups -OCH3 is 2. The monoisotopic (exact) mass is 498 g/mol. The van der Waals surface area contributed by atoms with Gasteiger partial charge in [-0.25, -0.2) is 0 Å². The molecule has 0 atom stereocenters. The van der Waals surface area contributed by atoms with E-state index in [1.807, 2.05) is 42.7 Å². The van der Waals surface area contributed by atoms with E-state index in [1.165, 1.54) is 11.8 Å². The molecule has 0 bridgehead atoms.